The van der Waals surface area contributed by atoms with E-state index in [0.29, 0.717) is 27.4 Å². The summed E-state index contributed by atoms with van der Waals surface area (Å²) >= 11 is 6.04. The fourth-order valence-electron chi connectivity index (χ4n) is 3.00. The first-order valence-electron chi connectivity index (χ1n) is 7.98. The van der Waals surface area contributed by atoms with Crippen LogP contribution in [0.15, 0.2) is 47.5 Å². The summed E-state index contributed by atoms with van der Waals surface area (Å²) < 4.78 is 1.58. The van der Waals surface area contributed by atoms with Crippen LogP contribution in [0.4, 0.5) is 0 Å². The molecule has 4 rings (SSSR count). The predicted octanol–water partition coefficient (Wildman–Crippen LogP) is 3.72. The van der Waals surface area contributed by atoms with E-state index in [2.05, 4.69) is 21.0 Å². The molecule has 1 N–H and O–H groups in total. The van der Waals surface area contributed by atoms with Gasteiger partial charge in [-0.2, -0.15) is 5.26 Å². The van der Waals surface area contributed by atoms with E-state index in [1.807, 2.05) is 38.1 Å². The number of hydrogen-bond acceptors (Lipinski definition) is 4. The summed E-state index contributed by atoms with van der Waals surface area (Å²) in [7, 11) is 0. The van der Waals surface area contributed by atoms with Gasteiger partial charge in [0, 0.05) is 5.39 Å². The number of nitrogens with one attached hydrogen (secondary N) is 1. The molecule has 0 bridgehead atoms. The lowest BCUT2D eigenvalue weighted by atomic mass is 9.86. The first-order valence-corrected chi connectivity index (χ1v) is 8.36. The minimum Gasteiger partial charge on any atom is -0.304 e. The van der Waals surface area contributed by atoms with Crippen molar-refractivity contribution in [2.45, 2.75) is 19.3 Å². The number of halogens is 1. The second-order valence-electron chi connectivity index (χ2n) is 6.59. The Bertz CT molecular complexity index is 1250. The second kappa shape index (κ2) is 5.68. The molecule has 0 atom stereocenters. The van der Waals surface area contributed by atoms with E-state index in [1.54, 1.807) is 23.0 Å². The van der Waals surface area contributed by atoms with Gasteiger partial charge in [-0.05, 0) is 37.6 Å². The van der Waals surface area contributed by atoms with Crippen LogP contribution < -0.4 is 5.69 Å². The topological polar surface area (TPSA) is 87.4 Å². The third-order valence-corrected chi connectivity index (χ3v) is 4.69. The molecule has 0 saturated carbocycles. The van der Waals surface area contributed by atoms with E-state index in [9.17, 15) is 10.1 Å². The molecule has 0 radical (unpaired) electrons. The van der Waals surface area contributed by atoms with Crippen LogP contribution in [0.2, 0.25) is 5.15 Å². The van der Waals surface area contributed by atoms with Crippen LogP contribution in [-0.4, -0.2) is 19.5 Å². The van der Waals surface area contributed by atoms with Gasteiger partial charge in [0.05, 0.1) is 46.1 Å². The van der Waals surface area contributed by atoms with E-state index in [-0.39, 0.29) is 5.69 Å². The number of hydrogen-bond donors (Lipinski definition) is 1. The molecule has 0 spiro atoms. The van der Waals surface area contributed by atoms with Gasteiger partial charge >= 0.3 is 5.69 Å². The van der Waals surface area contributed by atoms with Gasteiger partial charge in [-0.25, -0.2) is 9.78 Å². The molecule has 128 valence electrons. The molecule has 0 amide bonds. The number of H-pyrrole nitrogens is 1. The van der Waals surface area contributed by atoms with Gasteiger partial charge in [0.2, 0.25) is 0 Å². The lowest BCUT2D eigenvalue weighted by Crippen LogP contribution is -2.16. The van der Waals surface area contributed by atoms with Crippen LogP contribution in [0.1, 0.15) is 19.4 Å². The third kappa shape index (κ3) is 2.45. The van der Waals surface area contributed by atoms with Gasteiger partial charge < -0.3 is 4.98 Å². The standard InChI is InChI=1S/C19H14ClN5O/c1-19(2,10-21)11-3-5-12(6-4-11)25-17-13-7-16(20)23-8-14(13)22-9-15(17)24-18(25)26/h3-9H,1-2H3,(H,24,26). The van der Waals surface area contributed by atoms with E-state index in [1.165, 1.54) is 0 Å². The average Bonchev–Trinajstić information content (AvgIpc) is 2.98. The number of fused-ring (bicyclic) bond motifs is 3. The Morgan fingerprint density at radius 2 is 1.92 bits per heavy atom. The zero-order chi connectivity index (χ0) is 18.5. The third-order valence-electron chi connectivity index (χ3n) is 4.49. The summed E-state index contributed by atoms with van der Waals surface area (Å²) in [5.41, 5.74) is 2.67. The molecule has 3 heterocycles. The van der Waals surface area contributed by atoms with Crippen LogP contribution in [0.3, 0.4) is 0 Å². The van der Waals surface area contributed by atoms with Gasteiger partial charge in [0.25, 0.3) is 0 Å². The SMILES string of the molecule is CC(C)(C#N)c1ccc(-n2c(=O)[nH]c3cnc4cnc(Cl)cc4c32)cc1. The van der Waals surface area contributed by atoms with Crippen molar-refractivity contribution >= 4 is 33.5 Å². The normalized spacial score (nSPS) is 11.8. The lowest BCUT2D eigenvalue weighted by Gasteiger charge is -2.16. The molecule has 7 heteroatoms. The zero-order valence-electron chi connectivity index (χ0n) is 14.1. The molecule has 0 aliphatic heterocycles. The number of nitrogens with zero attached hydrogens (tertiary/aromatic N) is 4. The molecular weight excluding hydrogens is 350 g/mol. The number of imidazole rings is 1. The summed E-state index contributed by atoms with van der Waals surface area (Å²) in [5, 5.41) is 10.4. The maximum Gasteiger partial charge on any atom is 0.331 e. The van der Waals surface area contributed by atoms with Crippen molar-refractivity contribution in [1.29, 1.82) is 5.26 Å². The number of rotatable bonds is 2. The molecule has 3 aromatic heterocycles. The van der Waals surface area contributed by atoms with Gasteiger partial charge in [-0.1, -0.05) is 23.7 Å². The van der Waals surface area contributed by atoms with Crippen LogP contribution in [0.25, 0.3) is 27.6 Å². The smallest absolute Gasteiger partial charge is 0.304 e. The van der Waals surface area contributed by atoms with Crippen molar-refractivity contribution in [3.63, 3.8) is 0 Å². The highest BCUT2D eigenvalue weighted by atomic mass is 35.5. The summed E-state index contributed by atoms with van der Waals surface area (Å²) in [6, 6.07) is 11.4. The van der Waals surface area contributed by atoms with Crippen LogP contribution in [0.5, 0.6) is 0 Å². The van der Waals surface area contributed by atoms with E-state index in [4.69, 9.17) is 11.6 Å². The first-order chi connectivity index (χ1) is 12.4. The quantitative estimate of drug-likeness (QED) is 0.550. The Morgan fingerprint density at radius 1 is 1.19 bits per heavy atom. The van der Waals surface area contributed by atoms with Crippen molar-refractivity contribution < 1.29 is 0 Å². The average molecular weight is 364 g/mol. The summed E-state index contributed by atoms with van der Waals surface area (Å²) in [6.07, 6.45) is 3.19. The van der Waals surface area contributed by atoms with Gasteiger partial charge in [-0.3, -0.25) is 9.55 Å². The monoisotopic (exact) mass is 363 g/mol. The fourth-order valence-corrected chi connectivity index (χ4v) is 3.16. The van der Waals surface area contributed by atoms with Gasteiger partial charge in [-0.15, -0.1) is 0 Å². The number of aromatic amines is 1. The molecule has 0 aliphatic carbocycles. The molecule has 0 aliphatic rings. The molecule has 0 unspecified atom stereocenters. The van der Waals surface area contributed by atoms with E-state index in [0.717, 1.165) is 10.9 Å². The molecule has 0 fully saturated rings. The number of nitriles is 1. The number of pyridine rings is 2. The molecule has 26 heavy (non-hydrogen) atoms. The maximum absolute atomic E-state index is 12.6. The molecule has 1 aromatic carbocycles. The zero-order valence-corrected chi connectivity index (χ0v) is 14.9. The Balaban J connectivity index is 2.00. The van der Waals surface area contributed by atoms with Gasteiger partial charge in [0.1, 0.15) is 5.15 Å². The van der Waals surface area contributed by atoms with Crippen molar-refractivity contribution in [3.8, 4) is 11.8 Å². The van der Waals surface area contributed by atoms with Crippen molar-refractivity contribution in [2.24, 2.45) is 0 Å². The summed E-state index contributed by atoms with van der Waals surface area (Å²) in [4.78, 5) is 23.8. The van der Waals surface area contributed by atoms with E-state index >= 15 is 0 Å². The molecule has 4 aromatic rings. The van der Waals surface area contributed by atoms with E-state index < -0.39 is 5.41 Å². The van der Waals surface area contributed by atoms with Crippen molar-refractivity contribution in [2.75, 3.05) is 0 Å². The van der Waals surface area contributed by atoms with Crippen molar-refractivity contribution in [1.82, 2.24) is 19.5 Å². The maximum atomic E-state index is 12.6. The molecular formula is C19H14ClN5O. The Kier molecular flexibility index (Phi) is 3.56. The summed E-state index contributed by atoms with van der Waals surface area (Å²) in [5.74, 6) is 0. The summed E-state index contributed by atoms with van der Waals surface area (Å²) in [6.45, 7) is 3.71. The van der Waals surface area contributed by atoms with Crippen LogP contribution in [-0.2, 0) is 5.41 Å². The minimum absolute atomic E-state index is 0.269. The first kappa shape index (κ1) is 16.3. The highest BCUT2D eigenvalue weighted by Gasteiger charge is 2.20. The molecule has 6 nitrogen and oxygen atoms in total. The lowest BCUT2D eigenvalue weighted by molar-refractivity contribution is 0.686. The Morgan fingerprint density at radius 3 is 2.62 bits per heavy atom. The van der Waals surface area contributed by atoms with Crippen LogP contribution in [0, 0.1) is 11.3 Å². The van der Waals surface area contributed by atoms with Gasteiger partial charge in [0.15, 0.2) is 0 Å². The Labute approximate surface area is 153 Å². The van der Waals surface area contributed by atoms with Crippen molar-refractivity contribution in [3.05, 3.63) is 63.9 Å². The second-order valence-corrected chi connectivity index (χ2v) is 6.98. The fraction of sp³-hybridized carbons (Fsp3) is 0.158. The highest BCUT2D eigenvalue weighted by molar-refractivity contribution is 6.30. The molecule has 0 saturated heterocycles. The largest absolute Gasteiger partial charge is 0.331 e. The predicted molar refractivity (Wildman–Crippen MR) is 101 cm³/mol. The van der Waals surface area contributed by atoms with Crippen LogP contribution >= 0.6 is 11.6 Å². The number of benzene rings is 1. The Hall–Kier alpha value is -3.17. The minimum atomic E-state index is -0.598. The highest BCUT2D eigenvalue weighted by Crippen LogP contribution is 2.27. The number of aromatic nitrogens is 4.